The fourth-order valence-electron chi connectivity index (χ4n) is 0.636. The lowest BCUT2D eigenvalue weighted by Gasteiger charge is -1.78. The largest absolute Gasteiger partial charge is 0.339 e. The molecule has 2 aromatic rings. The molecule has 0 fully saturated rings. The van der Waals surface area contributed by atoms with Crippen molar-refractivity contribution in [2.24, 2.45) is 0 Å². The van der Waals surface area contributed by atoms with E-state index in [1.807, 2.05) is 0 Å². The third kappa shape index (κ3) is 4.27. The molecule has 2 rings (SSSR count). The highest BCUT2D eigenvalue weighted by Crippen LogP contribution is 1.67. The van der Waals surface area contributed by atoms with Gasteiger partial charge in [-0.3, -0.25) is 9.78 Å². The Morgan fingerprint density at radius 2 is 2.00 bits per heavy atom. The van der Waals surface area contributed by atoms with Gasteiger partial charge in [0.2, 0.25) is 0 Å². The van der Waals surface area contributed by atoms with Gasteiger partial charge in [-0.2, -0.15) is 0 Å². The second-order valence-electron chi connectivity index (χ2n) is 2.20. The molecule has 2 N–H and O–H groups in total. The zero-order chi connectivity index (χ0) is 10.2. The number of H-pyrrole nitrogens is 2. The molecule has 0 saturated carbocycles. The summed E-state index contributed by atoms with van der Waals surface area (Å²) in [6, 6.07) is 3.15. The zero-order valence-electron chi connectivity index (χ0n) is 7.18. The lowest BCUT2D eigenvalue weighted by molar-refractivity contribution is 1.09. The van der Waals surface area contributed by atoms with E-state index in [9.17, 15) is 4.79 Å². The highest BCUT2D eigenvalue weighted by Gasteiger charge is 1.74. The van der Waals surface area contributed by atoms with Crippen LogP contribution in [-0.2, 0) is 0 Å². The van der Waals surface area contributed by atoms with Gasteiger partial charge in [-0.25, -0.2) is 9.97 Å². The van der Waals surface area contributed by atoms with E-state index in [4.69, 9.17) is 0 Å². The monoisotopic (exact) mass is 208 g/mol. The van der Waals surface area contributed by atoms with E-state index in [1.165, 1.54) is 18.6 Å². The van der Waals surface area contributed by atoms with Gasteiger partial charge in [0, 0.05) is 24.7 Å². The van der Waals surface area contributed by atoms with Gasteiger partial charge in [-0.1, -0.05) is 0 Å². The minimum absolute atomic E-state index is 0.172. The maximum Gasteiger partial charge on any atom is 0.251 e. The van der Waals surface area contributed by atoms with Crippen LogP contribution in [0.15, 0.2) is 41.8 Å². The van der Waals surface area contributed by atoms with Crippen molar-refractivity contribution in [1.82, 2.24) is 19.9 Å². The van der Waals surface area contributed by atoms with Crippen molar-refractivity contribution in [2.75, 3.05) is 0 Å². The van der Waals surface area contributed by atoms with Crippen LogP contribution in [0.1, 0.15) is 0 Å². The Bertz CT molecular complexity index is 412. The molecule has 0 atom stereocenters. The van der Waals surface area contributed by atoms with Crippen LogP contribution >= 0.6 is 12.2 Å². The number of nitrogens with one attached hydrogen (secondary N) is 2. The van der Waals surface area contributed by atoms with E-state index in [2.05, 4.69) is 32.2 Å². The molecule has 2 heterocycles. The minimum Gasteiger partial charge on any atom is -0.339 e. The molecule has 0 radical (unpaired) electrons. The summed E-state index contributed by atoms with van der Waals surface area (Å²) >= 11 is 4.59. The molecular formula is C8H8N4OS. The van der Waals surface area contributed by atoms with Crippen molar-refractivity contribution in [1.29, 1.82) is 0 Å². The number of aromatic nitrogens is 4. The van der Waals surface area contributed by atoms with Crippen LogP contribution in [0.4, 0.5) is 0 Å². The summed E-state index contributed by atoms with van der Waals surface area (Å²) in [4.78, 5) is 22.7. The Morgan fingerprint density at radius 3 is 2.29 bits per heavy atom. The molecule has 72 valence electrons. The lowest BCUT2D eigenvalue weighted by Crippen LogP contribution is -2.02. The molecule has 14 heavy (non-hydrogen) atoms. The van der Waals surface area contributed by atoms with Crippen molar-refractivity contribution in [2.45, 2.75) is 0 Å². The van der Waals surface area contributed by atoms with E-state index in [1.54, 1.807) is 18.5 Å². The summed E-state index contributed by atoms with van der Waals surface area (Å²) in [6.07, 6.45) is 6.38. The topological polar surface area (TPSA) is 74.4 Å². The molecule has 0 aromatic carbocycles. The second kappa shape index (κ2) is 5.76. The van der Waals surface area contributed by atoms with Crippen molar-refractivity contribution >= 4 is 12.2 Å². The first-order chi connectivity index (χ1) is 6.79. The van der Waals surface area contributed by atoms with E-state index >= 15 is 0 Å². The molecule has 0 unspecified atom stereocenters. The molecule has 0 spiro atoms. The van der Waals surface area contributed by atoms with Crippen LogP contribution in [0.5, 0.6) is 0 Å². The molecule has 0 saturated heterocycles. The maximum atomic E-state index is 10.3. The quantitative estimate of drug-likeness (QED) is 0.631. The Labute approximate surface area is 84.9 Å². The van der Waals surface area contributed by atoms with Crippen molar-refractivity contribution in [3.63, 3.8) is 0 Å². The van der Waals surface area contributed by atoms with Crippen LogP contribution in [-0.4, -0.2) is 19.9 Å². The molecule has 0 aliphatic rings. The molecule has 0 aliphatic carbocycles. The van der Waals surface area contributed by atoms with Crippen LogP contribution in [0.2, 0.25) is 0 Å². The molecule has 2 aromatic heterocycles. The van der Waals surface area contributed by atoms with Crippen molar-refractivity contribution in [3.8, 4) is 0 Å². The summed E-state index contributed by atoms with van der Waals surface area (Å²) in [5, 5.41) is 0. The molecular weight excluding hydrogens is 200 g/mol. The molecule has 0 amide bonds. The van der Waals surface area contributed by atoms with E-state index in [0.29, 0.717) is 4.77 Å². The first-order valence-corrected chi connectivity index (χ1v) is 4.18. The standard InChI is InChI=1S/C4H4N2OS.C4H4N2/c7-3-1-2-5-4(8)6-3;1-2-5-4-6-3-1/h1-2H,(H2,5,6,7,8);1-4H. The summed E-state index contributed by atoms with van der Waals surface area (Å²) < 4.78 is 0.359. The van der Waals surface area contributed by atoms with Crippen molar-refractivity contribution < 1.29 is 0 Å². The molecule has 5 nitrogen and oxygen atoms in total. The number of hydrogen-bond acceptors (Lipinski definition) is 4. The predicted octanol–water partition coefficient (Wildman–Crippen LogP) is 0.909. The Kier molecular flexibility index (Phi) is 4.22. The SMILES string of the molecule is O=c1cc[nH]c(=S)[nH]1.c1cncnc1. The van der Waals surface area contributed by atoms with Crippen LogP contribution in [0, 0.1) is 4.77 Å². The second-order valence-corrected chi connectivity index (χ2v) is 2.61. The van der Waals surface area contributed by atoms with Gasteiger partial charge in [0.15, 0.2) is 4.77 Å². The summed E-state index contributed by atoms with van der Waals surface area (Å²) in [7, 11) is 0. The smallest absolute Gasteiger partial charge is 0.251 e. The molecule has 0 aliphatic heterocycles. The van der Waals surface area contributed by atoms with Gasteiger partial charge < -0.3 is 4.98 Å². The highest BCUT2D eigenvalue weighted by molar-refractivity contribution is 7.71. The minimum atomic E-state index is -0.172. The number of rotatable bonds is 0. The average Bonchev–Trinajstić information content (AvgIpc) is 2.21. The molecule has 6 heteroatoms. The van der Waals surface area contributed by atoms with E-state index < -0.39 is 0 Å². The van der Waals surface area contributed by atoms with E-state index in [-0.39, 0.29) is 5.56 Å². The third-order valence-corrected chi connectivity index (χ3v) is 1.38. The number of hydrogen-bond donors (Lipinski definition) is 2. The Balaban J connectivity index is 0.000000146. The van der Waals surface area contributed by atoms with Gasteiger partial charge in [0.1, 0.15) is 6.33 Å². The lowest BCUT2D eigenvalue weighted by atomic mass is 10.7. The number of nitrogens with zero attached hydrogens (tertiary/aromatic N) is 2. The first kappa shape index (κ1) is 10.3. The van der Waals surface area contributed by atoms with E-state index in [0.717, 1.165) is 0 Å². The summed E-state index contributed by atoms with van der Waals surface area (Å²) in [5.41, 5.74) is -0.172. The zero-order valence-corrected chi connectivity index (χ0v) is 7.99. The predicted molar refractivity (Wildman–Crippen MR) is 54.3 cm³/mol. The highest BCUT2D eigenvalue weighted by atomic mass is 32.1. The fraction of sp³-hybridized carbons (Fsp3) is 0. The fourth-order valence-corrected chi connectivity index (χ4v) is 0.805. The maximum absolute atomic E-state index is 10.3. The van der Waals surface area contributed by atoms with Gasteiger partial charge >= 0.3 is 0 Å². The Hall–Kier alpha value is -1.82. The van der Waals surface area contributed by atoms with Gasteiger partial charge in [-0.15, -0.1) is 0 Å². The van der Waals surface area contributed by atoms with Gasteiger partial charge in [0.05, 0.1) is 0 Å². The Morgan fingerprint density at radius 1 is 1.29 bits per heavy atom. The summed E-state index contributed by atoms with van der Waals surface area (Å²) in [6.45, 7) is 0. The van der Waals surface area contributed by atoms with Gasteiger partial charge in [0.25, 0.3) is 5.56 Å². The summed E-state index contributed by atoms with van der Waals surface area (Å²) in [5.74, 6) is 0. The third-order valence-electron chi connectivity index (χ3n) is 1.16. The molecule has 0 bridgehead atoms. The normalized spacial score (nSPS) is 8.57. The van der Waals surface area contributed by atoms with Gasteiger partial charge in [-0.05, 0) is 18.3 Å². The first-order valence-electron chi connectivity index (χ1n) is 3.77. The van der Waals surface area contributed by atoms with Crippen molar-refractivity contribution in [3.05, 3.63) is 52.2 Å². The van der Waals surface area contributed by atoms with Crippen LogP contribution < -0.4 is 5.56 Å². The van der Waals surface area contributed by atoms with Crippen LogP contribution in [0.3, 0.4) is 0 Å². The van der Waals surface area contributed by atoms with Crippen LogP contribution in [0.25, 0.3) is 0 Å². The average molecular weight is 208 g/mol. The number of aromatic amines is 2.